The van der Waals surface area contributed by atoms with Gasteiger partial charge >= 0.3 is 0 Å². The van der Waals surface area contributed by atoms with Gasteiger partial charge in [-0.3, -0.25) is 9.79 Å². The van der Waals surface area contributed by atoms with Crippen LogP contribution < -0.4 is 21.7 Å². The molecular weight excluding hydrogens is 1090 g/mol. The Morgan fingerprint density at radius 3 is 2.45 bits per heavy atom. The van der Waals surface area contributed by atoms with Gasteiger partial charge in [-0.15, -0.1) is 0 Å². The second-order valence-electron chi connectivity index (χ2n) is 31.6. The maximum atomic E-state index is 16.2. The van der Waals surface area contributed by atoms with Crippen molar-refractivity contribution in [2.75, 3.05) is 45.6 Å². The van der Waals surface area contributed by atoms with Crippen molar-refractivity contribution in [3.05, 3.63) is 52.7 Å². The highest BCUT2D eigenvalue weighted by atomic mass is 33.1. The first-order chi connectivity index (χ1) is 40.4. The fourth-order valence-electron chi connectivity index (χ4n) is 26.5. The Balaban J connectivity index is 1.03. The minimum Gasteiger partial charge on any atom is -0.396 e. The lowest BCUT2D eigenvalue weighted by molar-refractivity contribution is -0.260. The summed E-state index contributed by atoms with van der Waals surface area (Å²) in [7, 11) is 5.95. The van der Waals surface area contributed by atoms with Crippen LogP contribution in [0.4, 0.5) is 0 Å². The number of allylic oxidation sites excluding steroid dienone is 3. The zero-order valence-corrected chi connectivity index (χ0v) is 52.5. The van der Waals surface area contributed by atoms with E-state index in [1.165, 1.54) is 44.1 Å². The Morgan fingerprint density at radius 1 is 0.929 bits per heavy atom. The van der Waals surface area contributed by atoms with E-state index in [9.17, 15) is 25.5 Å². The van der Waals surface area contributed by atoms with Crippen molar-refractivity contribution < 1.29 is 35.4 Å². The summed E-state index contributed by atoms with van der Waals surface area (Å²) in [6, 6.07) is 0.116. The van der Waals surface area contributed by atoms with Gasteiger partial charge in [0.1, 0.15) is 6.23 Å². The molecule has 21 atom stereocenters. The largest absolute Gasteiger partial charge is 0.396 e. The van der Waals surface area contributed by atoms with Gasteiger partial charge in [0, 0.05) is 82.4 Å². The Bertz CT molecular complexity index is 2880. The number of nitrogens with two attached hydrogens (primary N) is 1. The molecule has 0 aromatic carbocycles. The predicted octanol–water partition coefficient (Wildman–Crippen LogP) is 8.39. The van der Waals surface area contributed by atoms with Crippen LogP contribution in [0.5, 0.6) is 0 Å². The molecule has 0 amide bonds. The average Bonchev–Trinajstić information content (AvgIpc) is 1.33. The van der Waals surface area contributed by atoms with Crippen LogP contribution in [-0.4, -0.2) is 132 Å². The first kappa shape index (κ1) is 58.1. The van der Waals surface area contributed by atoms with Crippen molar-refractivity contribution in [1.82, 2.24) is 25.5 Å². The number of carbonyl (C=O) groups excluding carboxylic acids is 1. The highest BCUT2D eigenvalue weighted by Gasteiger charge is 2.85. The van der Waals surface area contributed by atoms with Gasteiger partial charge < -0.3 is 56.9 Å². The van der Waals surface area contributed by atoms with Crippen LogP contribution in [0.1, 0.15) is 174 Å². The molecule has 9 saturated carbocycles. The fraction of sp³-hybridized carbons (Fsp3) is 0.838. The smallest absolute Gasteiger partial charge is 0.190 e. The van der Waals surface area contributed by atoms with Crippen LogP contribution in [0, 0.1) is 97.6 Å². The number of carbonyl (C=O) groups is 1. The standard InChI is InChI=1S/C68H101N7O7S2/c1-38(77)74-60(69)73-35-65-21-10-20-64-32-48(79)57(80)44(33-70-4)55(64)47(78)29-46(59(64)65)68(82)50-30-45-52-41(14-15-49(65)66(45,68)36-76)40-11-7-12-42-51(40)53(58(52)81)56(43-13-8-18-62(54(42)43)16-5-6-17-62)61(2,3)31-39(75-28-27-72-37-75)34-83-84-67(50)22-9-19-63(67)23-25-71-26-24-63/h27-29,37-41,44-45,48-50,52-55,57-59,70-71,76-77,79-82H,5-26,30-36H2,1-4H3,(H3,69,73,74). The summed E-state index contributed by atoms with van der Waals surface area (Å²) in [5, 5.41) is 90.5. The average molecular weight is 1190 g/mol. The Kier molecular flexibility index (Phi) is 14.3. The normalized spacial score (nSPS) is 48.1. The van der Waals surface area contributed by atoms with E-state index < -0.39 is 68.9 Å². The third-order valence-corrected chi connectivity index (χ3v) is 31.9. The van der Waals surface area contributed by atoms with Crippen LogP contribution in [0.25, 0.3) is 0 Å². The summed E-state index contributed by atoms with van der Waals surface area (Å²) in [6.07, 6.45) is 26.8. The molecule has 84 heavy (non-hydrogen) atoms. The first-order valence-electron chi connectivity index (χ1n) is 33.9. The monoisotopic (exact) mass is 1190 g/mol. The number of piperidine rings is 1. The van der Waals surface area contributed by atoms with Crippen LogP contribution in [-0.2, 0) is 4.79 Å². The van der Waals surface area contributed by atoms with Crippen molar-refractivity contribution in [1.29, 1.82) is 0 Å². The highest BCUT2D eigenvalue weighted by Crippen LogP contribution is 2.85. The van der Waals surface area contributed by atoms with Crippen LogP contribution in [0.15, 0.2) is 57.7 Å². The van der Waals surface area contributed by atoms with E-state index in [4.69, 9.17) is 15.7 Å². The zero-order valence-electron chi connectivity index (χ0n) is 50.9. The van der Waals surface area contributed by atoms with Gasteiger partial charge in [-0.2, -0.15) is 0 Å². The number of aromatic nitrogens is 2. The number of aliphatic hydroxyl groups is 6. The molecule has 4 bridgehead atoms. The van der Waals surface area contributed by atoms with E-state index in [1.54, 1.807) is 23.6 Å². The topological polar surface area (TPSA) is 231 Å². The molecule has 11 fully saturated rings. The van der Waals surface area contributed by atoms with Gasteiger partial charge in [0.15, 0.2) is 11.7 Å². The Labute approximate surface area is 507 Å². The Hall–Kier alpha value is -2.25. The van der Waals surface area contributed by atoms with Crippen molar-refractivity contribution >= 4 is 33.3 Å². The number of guanidine groups is 1. The molecule has 4 spiro atoms. The molecule has 1 aromatic heterocycles. The summed E-state index contributed by atoms with van der Waals surface area (Å²) in [5.41, 5.74) is 9.49. The molecule has 462 valence electrons. The quantitative estimate of drug-likeness (QED) is 0.0407. The van der Waals surface area contributed by atoms with E-state index >= 15 is 9.90 Å². The van der Waals surface area contributed by atoms with E-state index in [-0.39, 0.29) is 95.0 Å². The molecule has 3 heterocycles. The van der Waals surface area contributed by atoms with E-state index in [0.717, 1.165) is 114 Å². The van der Waals surface area contributed by atoms with Gasteiger partial charge in [-0.1, -0.05) is 83.4 Å². The van der Waals surface area contributed by atoms with Crippen molar-refractivity contribution in [3.63, 3.8) is 0 Å². The molecule has 12 aliphatic carbocycles. The van der Waals surface area contributed by atoms with E-state index in [2.05, 4.69) is 51.4 Å². The maximum Gasteiger partial charge on any atom is 0.190 e. The fourth-order valence-corrected chi connectivity index (χ4v) is 30.8. The minimum absolute atomic E-state index is 0.0752. The second-order valence-corrected chi connectivity index (χ2v) is 34.3. The van der Waals surface area contributed by atoms with E-state index in [1.807, 2.05) is 36.4 Å². The van der Waals surface area contributed by atoms with Crippen LogP contribution in [0.2, 0.25) is 0 Å². The van der Waals surface area contributed by atoms with Gasteiger partial charge in [-0.05, 0) is 218 Å². The SMILES string of the molecule is CNCC1C(O)C(O)CC23CCCC4(CN=C(N)NC(C)O)C2C(=CC(=O)C13)C1(O)C2CC3C5C(O)C6C7=C(CCCC7C5CCC4C31CO)C1C(=C6C(C)(C)CC(n3ccnc3)CSSC23CCCC32CCNCC2)CCCC12CCCC2. The lowest BCUT2D eigenvalue weighted by Gasteiger charge is -2.74. The molecule has 21 unspecified atom stereocenters. The summed E-state index contributed by atoms with van der Waals surface area (Å²) >= 11 is 0. The summed E-state index contributed by atoms with van der Waals surface area (Å²) in [6.45, 7) is 8.87. The van der Waals surface area contributed by atoms with Crippen molar-refractivity contribution in [2.45, 2.75) is 209 Å². The van der Waals surface area contributed by atoms with Crippen molar-refractivity contribution in [3.8, 4) is 0 Å². The number of aliphatic hydroxyl groups excluding tert-OH is 5. The van der Waals surface area contributed by atoms with Gasteiger partial charge in [0.05, 0.1) is 36.8 Å². The first-order valence-corrected chi connectivity index (χ1v) is 36.2. The Morgan fingerprint density at radius 2 is 1.70 bits per heavy atom. The molecule has 0 radical (unpaired) electrons. The van der Waals surface area contributed by atoms with E-state index in [0.29, 0.717) is 25.3 Å². The molecule has 14 aliphatic rings. The number of nitrogens with zero attached hydrogens (tertiary/aromatic N) is 3. The summed E-state index contributed by atoms with van der Waals surface area (Å²) in [4.78, 5) is 26.3. The lowest BCUT2D eigenvalue weighted by Crippen LogP contribution is -2.77. The maximum absolute atomic E-state index is 16.2. The molecule has 2 aliphatic heterocycles. The molecule has 16 heteroatoms. The van der Waals surface area contributed by atoms with Gasteiger partial charge in [0.25, 0.3) is 0 Å². The summed E-state index contributed by atoms with van der Waals surface area (Å²) in [5.74, 6) is -1.26. The summed E-state index contributed by atoms with van der Waals surface area (Å²) < 4.78 is 1.91. The van der Waals surface area contributed by atoms with Crippen molar-refractivity contribution in [2.24, 2.45) is 108 Å². The molecule has 11 N–H and O–H groups in total. The molecular formula is C68H101N7O7S2. The predicted molar refractivity (Wildman–Crippen MR) is 330 cm³/mol. The molecule has 1 aromatic rings. The number of fused-ring (bicyclic) bond motifs is 10. The molecule has 14 nitrogen and oxygen atoms in total. The number of imidazole rings is 1. The van der Waals surface area contributed by atoms with Crippen LogP contribution in [0.3, 0.4) is 0 Å². The third kappa shape index (κ3) is 7.62. The van der Waals surface area contributed by atoms with Crippen LogP contribution >= 0.6 is 21.6 Å². The molecule has 2 saturated heterocycles. The lowest BCUT2D eigenvalue weighted by atomic mass is 9.31. The highest BCUT2D eigenvalue weighted by molar-refractivity contribution is 8.77. The third-order valence-electron chi connectivity index (χ3n) is 28.4. The number of ketones is 1. The molecule has 15 rings (SSSR count). The number of hydrogen-bond donors (Lipinski definition) is 10. The number of hydrogen-bond acceptors (Lipinski definition) is 13. The number of nitrogens with one attached hydrogen (secondary N) is 3. The van der Waals surface area contributed by atoms with Gasteiger partial charge in [-0.25, -0.2) is 4.98 Å². The second kappa shape index (κ2) is 20.6. The van der Waals surface area contributed by atoms with Gasteiger partial charge in [0.2, 0.25) is 0 Å². The number of rotatable bonds is 7. The number of aliphatic imine (C=N–C) groups is 1. The minimum atomic E-state index is -1.69. The zero-order chi connectivity index (χ0) is 58.1.